The lowest BCUT2D eigenvalue weighted by atomic mass is 10.1. The third-order valence-electron chi connectivity index (χ3n) is 3.69. The van der Waals surface area contributed by atoms with Crippen molar-refractivity contribution in [1.82, 2.24) is 10.1 Å². The average Bonchev–Trinajstić information content (AvgIpc) is 3.11. The summed E-state index contributed by atoms with van der Waals surface area (Å²) in [5.74, 6) is -0.994. The van der Waals surface area contributed by atoms with Crippen LogP contribution in [0.25, 0.3) is 11.4 Å². The molecule has 5 nitrogen and oxygen atoms in total. The van der Waals surface area contributed by atoms with Gasteiger partial charge < -0.3 is 9.84 Å². The van der Waals surface area contributed by atoms with Crippen LogP contribution in [0.2, 0.25) is 0 Å². The van der Waals surface area contributed by atoms with Gasteiger partial charge in [0.05, 0.1) is 11.3 Å². The van der Waals surface area contributed by atoms with Crippen LogP contribution in [0.3, 0.4) is 0 Å². The smallest absolute Gasteiger partial charge is 0.339 e. The van der Waals surface area contributed by atoms with Crippen molar-refractivity contribution in [3.63, 3.8) is 0 Å². The molecule has 1 aromatic heterocycles. The molecule has 0 spiro atoms. The van der Waals surface area contributed by atoms with Gasteiger partial charge >= 0.3 is 6.18 Å². The van der Waals surface area contributed by atoms with Crippen molar-refractivity contribution in [3.05, 3.63) is 64.2 Å². The van der Waals surface area contributed by atoms with Crippen LogP contribution in [0, 0.1) is 5.82 Å². The van der Waals surface area contributed by atoms with Crippen LogP contribution in [0.4, 0.5) is 23.2 Å². The predicted octanol–water partition coefficient (Wildman–Crippen LogP) is 5.23. The molecule has 3 rings (SSSR count). The van der Waals surface area contributed by atoms with E-state index in [1.54, 1.807) is 6.07 Å². The lowest BCUT2D eigenvalue weighted by Gasteiger charge is -2.06. The van der Waals surface area contributed by atoms with E-state index in [0.717, 1.165) is 12.1 Å². The van der Waals surface area contributed by atoms with E-state index in [0.29, 0.717) is 4.47 Å². The summed E-state index contributed by atoms with van der Waals surface area (Å²) in [7, 11) is 0. The van der Waals surface area contributed by atoms with Crippen LogP contribution in [-0.4, -0.2) is 16.0 Å². The minimum Gasteiger partial charge on any atom is -0.339 e. The molecule has 0 bridgehead atoms. The van der Waals surface area contributed by atoms with Gasteiger partial charge in [-0.3, -0.25) is 4.79 Å². The van der Waals surface area contributed by atoms with Gasteiger partial charge in [-0.25, -0.2) is 4.39 Å². The van der Waals surface area contributed by atoms with E-state index < -0.39 is 23.5 Å². The number of aryl methyl sites for hydroxylation is 1. The Hall–Kier alpha value is -2.75. The van der Waals surface area contributed by atoms with Crippen LogP contribution >= 0.6 is 15.9 Å². The topological polar surface area (TPSA) is 68.0 Å². The van der Waals surface area contributed by atoms with E-state index in [-0.39, 0.29) is 35.8 Å². The Labute approximate surface area is 164 Å². The summed E-state index contributed by atoms with van der Waals surface area (Å²) in [4.78, 5) is 16.0. The first-order valence-corrected chi connectivity index (χ1v) is 8.77. The Morgan fingerprint density at radius 2 is 1.96 bits per heavy atom. The van der Waals surface area contributed by atoms with E-state index in [4.69, 9.17) is 4.52 Å². The lowest BCUT2D eigenvalue weighted by Crippen LogP contribution is -2.13. The highest BCUT2D eigenvalue weighted by Gasteiger charge is 2.30. The number of carbonyl (C=O) groups is 1. The van der Waals surface area contributed by atoms with Crippen molar-refractivity contribution in [1.29, 1.82) is 0 Å². The molecule has 0 fully saturated rings. The minimum absolute atomic E-state index is 0.0135. The van der Waals surface area contributed by atoms with Crippen molar-refractivity contribution >= 4 is 27.5 Å². The highest BCUT2D eigenvalue weighted by Crippen LogP contribution is 2.31. The summed E-state index contributed by atoms with van der Waals surface area (Å²) in [6.07, 6.45) is -4.50. The Bertz CT molecular complexity index is 1000. The number of amides is 1. The zero-order valence-electron chi connectivity index (χ0n) is 14.1. The Morgan fingerprint density at radius 3 is 2.68 bits per heavy atom. The molecular formula is C18H12BrF4N3O2. The van der Waals surface area contributed by atoms with E-state index >= 15 is 0 Å². The highest BCUT2D eigenvalue weighted by molar-refractivity contribution is 9.10. The molecule has 1 amide bonds. The van der Waals surface area contributed by atoms with Crippen molar-refractivity contribution in [2.45, 2.75) is 19.0 Å². The zero-order valence-corrected chi connectivity index (χ0v) is 15.6. The van der Waals surface area contributed by atoms with Crippen LogP contribution < -0.4 is 5.32 Å². The van der Waals surface area contributed by atoms with Crippen molar-refractivity contribution in [3.8, 4) is 11.4 Å². The number of carbonyl (C=O) groups excluding carboxylic acids is 1. The van der Waals surface area contributed by atoms with Gasteiger partial charge in [-0.05, 0) is 30.3 Å². The molecule has 146 valence electrons. The number of rotatable bonds is 5. The van der Waals surface area contributed by atoms with Gasteiger partial charge in [0, 0.05) is 22.9 Å². The Balaban J connectivity index is 1.63. The standard InChI is InChI=1S/C18H12BrF4N3O2/c19-12-4-5-14(13(20)9-12)24-15(27)6-7-16-25-17(26-28-16)10-2-1-3-11(8-10)18(21,22)23/h1-5,8-9H,6-7H2,(H,24,27). The fourth-order valence-corrected chi connectivity index (χ4v) is 2.67. The van der Waals surface area contributed by atoms with Crippen LogP contribution in [-0.2, 0) is 17.4 Å². The number of anilines is 1. The number of hydrogen-bond acceptors (Lipinski definition) is 4. The van der Waals surface area contributed by atoms with Gasteiger partial charge in [0.25, 0.3) is 0 Å². The molecule has 0 atom stereocenters. The van der Waals surface area contributed by atoms with E-state index in [2.05, 4.69) is 31.4 Å². The number of nitrogens with zero attached hydrogens (tertiary/aromatic N) is 2. The minimum atomic E-state index is -4.48. The molecule has 0 saturated heterocycles. The quantitative estimate of drug-likeness (QED) is 0.532. The lowest BCUT2D eigenvalue weighted by molar-refractivity contribution is -0.137. The number of hydrogen-bond donors (Lipinski definition) is 1. The monoisotopic (exact) mass is 457 g/mol. The van der Waals surface area contributed by atoms with E-state index in [1.165, 1.54) is 24.3 Å². The Morgan fingerprint density at radius 1 is 1.18 bits per heavy atom. The molecule has 3 aromatic rings. The number of aromatic nitrogens is 2. The maximum atomic E-state index is 13.7. The predicted molar refractivity (Wildman–Crippen MR) is 95.8 cm³/mol. The zero-order chi connectivity index (χ0) is 20.3. The molecule has 1 heterocycles. The average molecular weight is 458 g/mol. The molecule has 0 saturated carbocycles. The molecular weight excluding hydrogens is 446 g/mol. The molecule has 0 aliphatic rings. The second-order valence-electron chi connectivity index (χ2n) is 5.76. The number of nitrogens with one attached hydrogen (secondary N) is 1. The summed E-state index contributed by atoms with van der Waals surface area (Å²) < 4.78 is 57.6. The van der Waals surface area contributed by atoms with Crippen LogP contribution in [0.15, 0.2) is 51.5 Å². The third-order valence-corrected chi connectivity index (χ3v) is 4.18. The number of alkyl halides is 3. The van der Waals surface area contributed by atoms with E-state index in [9.17, 15) is 22.4 Å². The molecule has 28 heavy (non-hydrogen) atoms. The fraction of sp³-hybridized carbons (Fsp3) is 0.167. The van der Waals surface area contributed by atoms with Crippen LogP contribution in [0.5, 0.6) is 0 Å². The molecule has 0 unspecified atom stereocenters. The summed E-state index contributed by atoms with van der Waals surface area (Å²) in [5.41, 5.74) is -0.651. The van der Waals surface area contributed by atoms with Gasteiger partial charge in [0.1, 0.15) is 5.82 Å². The van der Waals surface area contributed by atoms with Gasteiger partial charge in [-0.2, -0.15) is 18.2 Å². The summed E-state index contributed by atoms with van der Waals surface area (Å²) in [6, 6.07) is 8.73. The first-order valence-electron chi connectivity index (χ1n) is 7.97. The SMILES string of the molecule is O=C(CCc1nc(-c2cccc(C(F)(F)F)c2)no1)Nc1ccc(Br)cc1F. The summed E-state index contributed by atoms with van der Waals surface area (Å²) in [5, 5.41) is 6.07. The molecule has 0 radical (unpaired) electrons. The van der Waals surface area contributed by atoms with Gasteiger partial charge in [0.15, 0.2) is 0 Å². The van der Waals surface area contributed by atoms with E-state index in [1.807, 2.05) is 0 Å². The second kappa shape index (κ2) is 8.09. The fourth-order valence-electron chi connectivity index (χ4n) is 2.33. The van der Waals surface area contributed by atoms with Crippen LogP contribution in [0.1, 0.15) is 17.9 Å². The van der Waals surface area contributed by atoms with Crippen molar-refractivity contribution in [2.75, 3.05) is 5.32 Å². The van der Waals surface area contributed by atoms with Gasteiger partial charge in [0.2, 0.25) is 17.6 Å². The molecule has 1 N–H and O–H groups in total. The number of benzene rings is 2. The number of halogens is 5. The molecule has 10 heteroatoms. The first kappa shape index (κ1) is 20.0. The summed E-state index contributed by atoms with van der Waals surface area (Å²) >= 11 is 3.12. The maximum Gasteiger partial charge on any atom is 0.416 e. The van der Waals surface area contributed by atoms with Crippen molar-refractivity contribution in [2.24, 2.45) is 0 Å². The molecule has 0 aliphatic carbocycles. The normalized spacial score (nSPS) is 11.5. The van der Waals surface area contributed by atoms with Crippen molar-refractivity contribution < 1.29 is 26.9 Å². The first-order chi connectivity index (χ1) is 13.2. The highest BCUT2D eigenvalue weighted by atomic mass is 79.9. The largest absolute Gasteiger partial charge is 0.416 e. The van der Waals surface area contributed by atoms with Gasteiger partial charge in [-0.15, -0.1) is 0 Å². The second-order valence-corrected chi connectivity index (χ2v) is 6.68. The third kappa shape index (κ3) is 4.94. The summed E-state index contributed by atoms with van der Waals surface area (Å²) in [6.45, 7) is 0. The maximum absolute atomic E-state index is 13.7. The molecule has 2 aromatic carbocycles. The van der Waals surface area contributed by atoms with Gasteiger partial charge in [-0.1, -0.05) is 33.2 Å². The molecule has 0 aliphatic heterocycles. The Kier molecular flexibility index (Phi) is 5.78.